The predicted octanol–water partition coefficient (Wildman–Crippen LogP) is 3.27. The summed E-state index contributed by atoms with van der Waals surface area (Å²) in [6.07, 6.45) is 2.82. The second-order valence-electron chi connectivity index (χ2n) is 3.70. The average molecular weight is 203 g/mol. The maximum atomic E-state index is 11.0. The molecule has 0 aliphatic heterocycles. The summed E-state index contributed by atoms with van der Waals surface area (Å²) in [5, 5.41) is 3.33. The van der Waals surface area contributed by atoms with Crippen LogP contribution in [0.5, 0.6) is 0 Å². The Kier molecular flexibility index (Phi) is 4.10. The summed E-state index contributed by atoms with van der Waals surface area (Å²) in [7, 11) is 0. The van der Waals surface area contributed by atoms with Crippen molar-refractivity contribution < 1.29 is 4.79 Å². The van der Waals surface area contributed by atoms with Gasteiger partial charge in [0.25, 0.3) is 0 Å². The molecule has 0 aliphatic carbocycles. The SMILES string of the molecule is C=CCC(C)Nc1ccc(C(C)=O)cc1. The van der Waals surface area contributed by atoms with Crippen LogP contribution >= 0.6 is 0 Å². The van der Waals surface area contributed by atoms with Crippen LogP contribution in [-0.4, -0.2) is 11.8 Å². The second kappa shape index (κ2) is 5.35. The Morgan fingerprint density at radius 3 is 2.53 bits per heavy atom. The molecule has 0 bridgehead atoms. The van der Waals surface area contributed by atoms with E-state index in [9.17, 15) is 4.79 Å². The lowest BCUT2D eigenvalue weighted by Crippen LogP contribution is -2.13. The van der Waals surface area contributed by atoms with Gasteiger partial charge in [-0.2, -0.15) is 0 Å². The van der Waals surface area contributed by atoms with Gasteiger partial charge in [-0.05, 0) is 44.5 Å². The molecule has 0 fully saturated rings. The normalized spacial score (nSPS) is 11.9. The van der Waals surface area contributed by atoms with Gasteiger partial charge >= 0.3 is 0 Å². The molecule has 1 rings (SSSR count). The van der Waals surface area contributed by atoms with Crippen LogP contribution in [-0.2, 0) is 0 Å². The molecular formula is C13H17NO. The summed E-state index contributed by atoms with van der Waals surface area (Å²) < 4.78 is 0. The Hall–Kier alpha value is -1.57. The first-order chi connectivity index (χ1) is 7.13. The van der Waals surface area contributed by atoms with Gasteiger partial charge in [-0.1, -0.05) is 6.08 Å². The van der Waals surface area contributed by atoms with Crippen LogP contribution in [0.2, 0.25) is 0 Å². The van der Waals surface area contributed by atoms with Gasteiger partial charge in [0.2, 0.25) is 0 Å². The third-order valence-corrected chi connectivity index (χ3v) is 2.22. The van der Waals surface area contributed by atoms with E-state index in [0.717, 1.165) is 17.7 Å². The van der Waals surface area contributed by atoms with Crippen molar-refractivity contribution in [2.45, 2.75) is 26.3 Å². The molecule has 1 unspecified atom stereocenters. The summed E-state index contributed by atoms with van der Waals surface area (Å²) in [6.45, 7) is 7.36. The van der Waals surface area contributed by atoms with Crippen LogP contribution in [0, 0.1) is 0 Å². The minimum absolute atomic E-state index is 0.0979. The number of carbonyl (C=O) groups is 1. The van der Waals surface area contributed by atoms with E-state index in [-0.39, 0.29) is 5.78 Å². The van der Waals surface area contributed by atoms with Crippen LogP contribution in [0.15, 0.2) is 36.9 Å². The Morgan fingerprint density at radius 1 is 1.47 bits per heavy atom. The Labute approximate surface area is 91.0 Å². The van der Waals surface area contributed by atoms with Gasteiger partial charge in [0.15, 0.2) is 5.78 Å². The van der Waals surface area contributed by atoms with Crippen LogP contribution in [0.3, 0.4) is 0 Å². The first-order valence-corrected chi connectivity index (χ1v) is 5.12. The quantitative estimate of drug-likeness (QED) is 0.588. The number of nitrogens with one attached hydrogen (secondary N) is 1. The van der Waals surface area contributed by atoms with Crippen molar-refractivity contribution >= 4 is 11.5 Å². The average Bonchev–Trinajstić information content (AvgIpc) is 2.18. The van der Waals surface area contributed by atoms with E-state index in [1.54, 1.807) is 6.92 Å². The monoisotopic (exact) mass is 203 g/mol. The topological polar surface area (TPSA) is 29.1 Å². The Morgan fingerprint density at radius 2 is 2.07 bits per heavy atom. The maximum Gasteiger partial charge on any atom is 0.159 e. The highest BCUT2D eigenvalue weighted by molar-refractivity contribution is 5.94. The van der Waals surface area contributed by atoms with Crippen LogP contribution in [0.25, 0.3) is 0 Å². The maximum absolute atomic E-state index is 11.0. The van der Waals surface area contributed by atoms with Crippen molar-refractivity contribution in [3.8, 4) is 0 Å². The first kappa shape index (κ1) is 11.5. The fourth-order valence-electron chi connectivity index (χ4n) is 1.39. The van der Waals surface area contributed by atoms with Crippen molar-refractivity contribution in [2.24, 2.45) is 0 Å². The molecule has 0 saturated heterocycles. The molecule has 15 heavy (non-hydrogen) atoms. The summed E-state index contributed by atoms with van der Waals surface area (Å²) >= 11 is 0. The summed E-state index contributed by atoms with van der Waals surface area (Å²) in [5.41, 5.74) is 1.78. The van der Waals surface area contributed by atoms with E-state index in [0.29, 0.717) is 6.04 Å². The van der Waals surface area contributed by atoms with Crippen molar-refractivity contribution in [1.82, 2.24) is 0 Å². The molecular weight excluding hydrogens is 186 g/mol. The molecule has 0 spiro atoms. The minimum Gasteiger partial charge on any atom is -0.382 e. The zero-order chi connectivity index (χ0) is 11.3. The number of benzene rings is 1. The summed E-state index contributed by atoms with van der Waals surface area (Å²) in [5.74, 6) is 0.0979. The first-order valence-electron chi connectivity index (χ1n) is 5.12. The van der Waals surface area contributed by atoms with Crippen molar-refractivity contribution in [3.63, 3.8) is 0 Å². The lowest BCUT2D eigenvalue weighted by atomic mass is 10.1. The van der Waals surface area contributed by atoms with E-state index in [1.165, 1.54) is 0 Å². The third kappa shape index (κ3) is 3.58. The highest BCUT2D eigenvalue weighted by Gasteiger charge is 2.01. The van der Waals surface area contributed by atoms with Crippen molar-refractivity contribution in [1.29, 1.82) is 0 Å². The fourth-order valence-corrected chi connectivity index (χ4v) is 1.39. The minimum atomic E-state index is 0.0979. The molecule has 80 valence electrons. The van der Waals surface area contributed by atoms with E-state index in [2.05, 4.69) is 18.8 Å². The molecule has 0 saturated carbocycles. The molecule has 0 aliphatic rings. The van der Waals surface area contributed by atoms with Gasteiger partial charge in [-0.25, -0.2) is 0 Å². The van der Waals surface area contributed by atoms with Gasteiger partial charge < -0.3 is 5.32 Å². The molecule has 0 heterocycles. The zero-order valence-corrected chi connectivity index (χ0v) is 9.29. The molecule has 1 atom stereocenters. The number of hydrogen-bond donors (Lipinski definition) is 1. The van der Waals surface area contributed by atoms with Gasteiger partial charge in [-0.15, -0.1) is 6.58 Å². The van der Waals surface area contributed by atoms with Crippen molar-refractivity contribution in [3.05, 3.63) is 42.5 Å². The molecule has 1 aromatic rings. The number of anilines is 1. The summed E-state index contributed by atoms with van der Waals surface area (Å²) in [4.78, 5) is 11.0. The Balaban J connectivity index is 2.64. The van der Waals surface area contributed by atoms with Gasteiger partial charge in [0.1, 0.15) is 0 Å². The molecule has 0 radical (unpaired) electrons. The predicted molar refractivity (Wildman–Crippen MR) is 64.3 cm³/mol. The van der Waals surface area contributed by atoms with Gasteiger partial charge in [-0.3, -0.25) is 4.79 Å². The second-order valence-corrected chi connectivity index (χ2v) is 3.70. The van der Waals surface area contributed by atoms with E-state index < -0.39 is 0 Å². The van der Waals surface area contributed by atoms with Crippen LogP contribution in [0.1, 0.15) is 30.6 Å². The van der Waals surface area contributed by atoms with Gasteiger partial charge in [0.05, 0.1) is 0 Å². The fraction of sp³-hybridized carbons (Fsp3) is 0.308. The van der Waals surface area contributed by atoms with Gasteiger partial charge in [0, 0.05) is 17.3 Å². The highest BCUT2D eigenvalue weighted by atomic mass is 16.1. The number of carbonyl (C=O) groups excluding carboxylic acids is 1. The molecule has 0 amide bonds. The lowest BCUT2D eigenvalue weighted by molar-refractivity contribution is 0.101. The molecule has 1 N–H and O–H groups in total. The molecule has 2 nitrogen and oxygen atoms in total. The molecule has 0 aromatic heterocycles. The zero-order valence-electron chi connectivity index (χ0n) is 9.29. The highest BCUT2D eigenvalue weighted by Crippen LogP contribution is 2.12. The summed E-state index contributed by atoms with van der Waals surface area (Å²) in [6, 6.07) is 7.90. The largest absolute Gasteiger partial charge is 0.382 e. The van der Waals surface area contributed by atoms with E-state index in [4.69, 9.17) is 0 Å². The molecule has 2 heteroatoms. The number of hydrogen-bond acceptors (Lipinski definition) is 2. The number of Topliss-reactive ketones (excluding diaryl/α,β-unsaturated/α-hetero) is 1. The lowest BCUT2D eigenvalue weighted by Gasteiger charge is -2.13. The third-order valence-electron chi connectivity index (χ3n) is 2.22. The van der Waals surface area contributed by atoms with Crippen molar-refractivity contribution in [2.75, 3.05) is 5.32 Å². The molecule has 1 aromatic carbocycles. The Bertz CT molecular complexity index is 340. The van der Waals surface area contributed by atoms with Crippen LogP contribution in [0.4, 0.5) is 5.69 Å². The van der Waals surface area contributed by atoms with E-state index in [1.807, 2.05) is 30.3 Å². The number of ketones is 1. The van der Waals surface area contributed by atoms with E-state index >= 15 is 0 Å². The smallest absolute Gasteiger partial charge is 0.159 e. The van der Waals surface area contributed by atoms with Crippen LogP contribution < -0.4 is 5.32 Å². The standard InChI is InChI=1S/C13H17NO/c1-4-5-10(2)14-13-8-6-12(7-9-13)11(3)15/h4,6-10,14H,1,5H2,2-3H3. The number of rotatable bonds is 5.